The van der Waals surface area contributed by atoms with Crippen LogP contribution in [0.4, 0.5) is 0 Å². The summed E-state index contributed by atoms with van der Waals surface area (Å²) in [6.07, 6.45) is 0. The molecule has 0 aliphatic carbocycles. The molecule has 0 saturated carbocycles. The number of hydrogen-bond acceptors (Lipinski definition) is 6. The molecular formula is C18H29N3O5. The Kier molecular flexibility index (Phi) is 8.47. The fraction of sp³-hybridized carbons (Fsp3) is 0.611. The number of nitrogens with zero attached hydrogens (tertiary/aromatic N) is 1. The maximum absolute atomic E-state index is 12.8. The van der Waals surface area contributed by atoms with Gasteiger partial charge in [-0.05, 0) is 40.3 Å². The molecule has 1 amide bonds. The SMILES string of the molecule is CCOC(=O)c1c(C)[nH]c(C(=O)C(C)N(C)CC(=O)NCCOC)c1C. The third kappa shape index (κ3) is 5.40. The largest absolute Gasteiger partial charge is 0.462 e. The molecule has 0 aromatic carbocycles. The number of H-pyrrole nitrogens is 1. The second-order valence-electron chi connectivity index (χ2n) is 6.14. The molecule has 8 nitrogen and oxygen atoms in total. The van der Waals surface area contributed by atoms with Crippen molar-refractivity contribution in [1.82, 2.24) is 15.2 Å². The van der Waals surface area contributed by atoms with Gasteiger partial charge in [-0.25, -0.2) is 4.79 Å². The van der Waals surface area contributed by atoms with Crippen molar-refractivity contribution < 1.29 is 23.9 Å². The number of aromatic amines is 1. The van der Waals surface area contributed by atoms with Gasteiger partial charge >= 0.3 is 5.97 Å². The van der Waals surface area contributed by atoms with Gasteiger partial charge in [0.15, 0.2) is 5.78 Å². The van der Waals surface area contributed by atoms with Crippen LogP contribution in [0.25, 0.3) is 0 Å². The number of carbonyl (C=O) groups is 3. The van der Waals surface area contributed by atoms with Crippen LogP contribution in [0.1, 0.15) is 46.0 Å². The molecule has 146 valence electrons. The summed E-state index contributed by atoms with van der Waals surface area (Å²) in [5, 5.41) is 2.72. The lowest BCUT2D eigenvalue weighted by Gasteiger charge is -2.22. The summed E-state index contributed by atoms with van der Waals surface area (Å²) < 4.78 is 9.93. The lowest BCUT2D eigenvalue weighted by Crippen LogP contribution is -2.43. The van der Waals surface area contributed by atoms with Gasteiger partial charge < -0.3 is 19.8 Å². The molecule has 26 heavy (non-hydrogen) atoms. The monoisotopic (exact) mass is 367 g/mol. The molecule has 0 aliphatic rings. The van der Waals surface area contributed by atoms with Gasteiger partial charge in [0.1, 0.15) is 0 Å². The molecule has 2 N–H and O–H groups in total. The summed E-state index contributed by atoms with van der Waals surface area (Å²) in [6.45, 7) is 8.11. The fourth-order valence-corrected chi connectivity index (χ4v) is 2.63. The highest BCUT2D eigenvalue weighted by Crippen LogP contribution is 2.21. The van der Waals surface area contributed by atoms with E-state index in [0.29, 0.717) is 35.7 Å². The number of aromatic nitrogens is 1. The predicted octanol–water partition coefficient (Wildman–Crippen LogP) is 1.07. The zero-order valence-electron chi connectivity index (χ0n) is 16.4. The second kappa shape index (κ2) is 10.1. The highest BCUT2D eigenvalue weighted by atomic mass is 16.5. The van der Waals surface area contributed by atoms with E-state index in [1.54, 1.807) is 46.8 Å². The average molecular weight is 367 g/mol. The van der Waals surface area contributed by atoms with Crippen molar-refractivity contribution >= 4 is 17.7 Å². The van der Waals surface area contributed by atoms with Crippen LogP contribution in [0.2, 0.25) is 0 Å². The number of esters is 1. The van der Waals surface area contributed by atoms with E-state index in [-0.39, 0.29) is 24.8 Å². The van der Waals surface area contributed by atoms with Gasteiger partial charge in [-0.1, -0.05) is 0 Å². The number of rotatable bonds is 10. The summed E-state index contributed by atoms with van der Waals surface area (Å²) in [4.78, 5) is 41.4. The molecule has 0 radical (unpaired) electrons. The van der Waals surface area contributed by atoms with Crippen LogP contribution < -0.4 is 5.32 Å². The first kappa shape index (κ1) is 21.9. The van der Waals surface area contributed by atoms with Gasteiger partial charge in [0.05, 0.1) is 37.1 Å². The van der Waals surface area contributed by atoms with Gasteiger partial charge in [0.25, 0.3) is 0 Å². The van der Waals surface area contributed by atoms with Crippen LogP contribution in [0.5, 0.6) is 0 Å². The van der Waals surface area contributed by atoms with Gasteiger partial charge in [0, 0.05) is 19.3 Å². The topological polar surface area (TPSA) is 101 Å². The Morgan fingerprint density at radius 2 is 1.92 bits per heavy atom. The molecule has 1 unspecified atom stereocenters. The minimum absolute atomic E-state index is 0.0834. The summed E-state index contributed by atoms with van der Waals surface area (Å²) >= 11 is 0. The predicted molar refractivity (Wildman–Crippen MR) is 97.5 cm³/mol. The Morgan fingerprint density at radius 3 is 2.50 bits per heavy atom. The number of ketones is 1. The van der Waals surface area contributed by atoms with Crippen molar-refractivity contribution in [2.45, 2.75) is 33.7 Å². The van der Waals surface area contributed by atoms with Gasteiger partial charge in [-0.2, -0.15) is 0 Å². The molecule has 0 fully saturated rings. The first-order valence-corrected chi connectivity index (χ1v) is 8.60. The third-order valence-corrected chi connectivity index (χ3v) is 4.23. The van der Waals surface area contributed by atoms with Crippen molar-refractivity contribution in [2.75, 3.05) is 40.5 Å². The van der Waals surface area contributed by atoms with Crippen molar-refractivity contribution in [3.8, 4) is 0 Å². The smallest absolute Gasteiger partial charge is 0.340 e. The Hall–Kier alpha value is -2.19. The number of Topliss-reactive ketones (excluding diaryl/α,β-unsaturated/α-hetero) is 1. The van der Waals surface area contributed by atoms with Gasteiger partial charge in [-0.15, -0.1) is 0 Å². The third-order valence-electron chi connectivity index (χ3n) is 4.23. The normalized spacial score (nSPS) is 12.1. The number of ether oxygens (including phenoxy) is 2. The zero-order valence-corrected chi connectivity index (χ0v) is 16.4. The Bertz CT molecular complexity index is 653. The maximum Gasteiger partial charge on any atom is 0.340 e. The quantitative estimate of drug-likeness (QED) is 0.364. The number of likely N-dealkylation sites (N-methyl/N-ethyl adjacent to an activating group) is 1. The molecule has 1 aromatic heterocycles. The summed E-state index contributed by atoms with van der Waals surface area (Å²) in [7, 11) is 3.26. The number of amides is 1. The number of carbonyl (C=O) groups excluding carboxylic acids is 3. The van der Waals surface area contributed by atoms with Crippen LogP contribution in [-0.2, 0) is 14.3 Å². The molecule has 1 atom stereocenters. The minimum Gasteiger partial charge on any atom is -0.462 e. The van der Waals surface area contributed by atoms with E-state index in [1.807, 2.05) is 0 Å². The maximum atomic E-state index is 12.8. The standard InChI is InChI=1S/C18H29N3O5/c1-7-26-18(24)15-11(2)16(20-12(15)3)17(23)13(4)21(5)10-14(22)19-8-9-25-6/h13,20H,7-10H2,1-6H3,(H,19,22). The zero-order chi connectivity index (χ0) is 19.9. The number of nitrogens with one attached hydrogen (secondary N) is 2. The lowest BCUT2D eigenvalue weighted by atomic mass is 10.0. The summed E-state index contributed by atoms with van der Waals surface area (Å²) in [5.41, 5.74) is 1.92. The van der Waals surface area contributed by atoms with E-state index in [9.17, 15) is 14.4 Å². The van der Waals surface area contributed by atoms with Crippen molar-refractivity contribution in [1.29, 1.82) is 0 Å². The van der Waals surface area contributed by atoms with E-state index in [1.165, 1.54) is 0 Å². The van der Waals surface area contributed by atoms with Gasteiger partial charge in [0.2, 0.25) is 5.91 Å². The second-order valence-corrected chi connectivity index (χ2v) is 6.14. The molecule has 0 spiro atoms. The molecule has 1 rings (SSSR count). The molecule has 8 heteroatoms. The Balaban J connectivity index is 2.83. The van der Waals surface area contributed by atoms with Crippen LogP contribution in [0.3, 0.4) is 0 Å². The first-order chi connectivity index (χ1) is 12.2. The number of aryl methyl sites for hydroxylation is 1. The Labute approximate surface area is 154 Å². The van der Waals surface area contributed by atoms with Crippen molar-refractivity contribution in [2.24, 2.45) is 0 Å². The van der Waals surface area contributed by atoms with Crippen LogP contribution >= 0.6 is 0 Å². The van der Waals surface area contributed by atoms with E-state index in [2.05, 4.69) is 10.3 Å². The summed E-state index contributed by atoms with van der Waals surface area (Å²) in [6, 6.07) is -0.532. The molecule has 1 heterocycles. The van der Waals surface area contributed by atoms with Crippen molar-refractivity contribution in [3.63, 3.8) is 0 Å². The van der Waals surface area contributed by atoms with E-state index in [0.717, 1.165) is 0 Å². The van der Waals surface area contributed by atoms with Crippen LogP contribution in [0, 0.1) is 13.8 Å². The fourth-order valence-electron chi connectivity index (χ4n) is 2.63. The lowest BCUT2D eigenvalue weighted by molar-refractivity contribution is -0.122. The Morgan fingerprint density at radius 1 is 1.27 bits per heavy atom. The minimum atomic E-state index is -0.532. The van der Waals surface area contributed by atoms with E-state index >= 15 is 0 Å². The molecule has 1 aromatic rings. The van der Waals surface area contributed by atoms with Crippen LogP contribution in [-0.4, -0.2) is 74.0 Å². The summed E-state index contributed by atoms with van der Waals surface area (Å²) in [5.74, 6) is -0.819. The highest BCUT2D eigenvalue weighted by Gasteiger charge is 2.28. The molecule has 0 bridgehead atoms. The highest BCUT2D eigenvalue weighted by molar-refractivity contribution is 6.03. The number of hydrogen-bond donors (Lipinski definition) is 2. The average Bonchev–Trinajstić information content (AvgIpc) is 2.88. The molecule has 0 aliphatic heterocycles. The number of methoxy groups -OCH3 is 1. The first-order valence-electron chi connectivity index (χ1n) is 8.60. The van der Waals surface area contributed by atoms with E-state index < -0.39 is 12.0 Å². The molecule has 0 saturated heterocycles. The van der Waals surface area contributed by atoms with Gasteiger partial charge in [-0.3, -0.25) is 14.5 Å². The van der Waals surface area contributed by atoms with Crippen molar-refractivity contribution in [3.05, 3.63) is 22.5 Å². The van der Waals surface area contributed by atoms with Crippen LogP contribution in [0.15, 0.2) is 0 Å². The molecular weight excluding hydrogens is 338 g/mol. The van der Waals surface area contributed by atoms with E-state index in [4.69, 9.17) is 9.47 Å².